The van der Waals surface area contributed by atoms with Crippen molar-refractivity contribution in [3.63, 3.8) is 0 Å². The predicted octanol–water partition coefficient (Wildman–Crippen LogP) is 0.0690. The van der Waals surface area contributed by atoms with Crippen LogP contribution in [0.3, 0.4) is 0 Å². The fourth-order valence-electron chi connectivity index (χ4n) is 2.34. The monoisotopic (exact) mass is 257 g/mol. The summed E-state index contributed by atoms with van der Waals surface area (Å²) >= 11 is 0. The van der Waals surface area contributed by atoms with Gasteiger partial charge in [-0.1, -0.05) is 12.8 Å². The fraction of sp³-hybridized carbons (Fsp3) is 0.833. The van der Waals surface area contributed by atoms with Crippen molar-refractivity contribution in [2.75, 3.05) is 26.2 Å². The van der Waals surface area contributed by atoms with E-state index in [4.69, 9.17) is 5.11 Å². The average molecular weight is 257 g/mol. The van der Waals surface area contributed by atoms with Crippen LogP contribution in [0.4, 0.5) is 4.79 Å². The molecule has 3 N–H and O–H groups in total. The van der Waals surface area contributed by atoms with E-state index in [1.54, 1.807) is 6.92 Å². The van der Waals surface area contributed by atoms with Crippen LogP contribution in [0.2, 0.25) is 0 Å². The van der Waals surface area contributed by atoms with Gasteiger partial charge in [-0.3, -0.25) is 15.0 Å². The summed E-state index contributed by atoms with van der Waals surface area (Å²) in [4.78, 5) is 24.8. The third-order valence-electron chi connectivity index (χ3n) is 3.17. The Balaban J connectivity index is 2.39. The molecule has 18 heavy (non-hydrogen) atoms. The highest BCUT2D eigenvalue weighted by atomic mass is 16.3. The van der Waals surface area contributed by atoms with Crippen LogP contribution in [-0.2, 0) is 4.79 Å². The number of carbonyl (C=O) groups excluding carboxylic acids is 2. The van der Waals surface area contributed by atoms with Crippen molar-refractivity contribution in [3.8, 4) is 0 Å². The van der Waals surface area contributed by atoms with E-state index in [-0.39, 0.29) is 19.1 Å². The van der Waals surface area contributed by atoms with Gasteiger partial charge in [0.1, 0.15) is 0 Å². The molecule has 1 aliphatic rings. The fourth-order valence-corrected chi connectivity index (χ4v) is 2.34. The van der Waals surface area contributed by atoms with Crippen LogP contribution in [-0.4, -0.2) is 54.2 Å². The van der Waals surface area contributed by atoms with Gasteiger partial charge >= 0.3 is 6.03 Å². The van der Waals surface area contributed by atoms with Crippen LogP contribution in [0.25, 0.3) is 0 Å². The maximum absolute atomic E-state index is 11.7. The largest absolute Gasteiger partial charge is 0.395 e. The lowest BCUT2D eigenvalue weighted by Gasteiger charge is -2.27. The SMILES string of the molecule is CCNC(=O)NC(=O)CN(CCO)C1CCCC1. The van der Waals surface area contributed by atoms with E-state index in [1.165, 1.54) is 12.8 Å². The molecule has 0 atom stereocenters. The first-order valence-electron chi connectivity index (χ1n) is 6.60. The lowest BCUT2D eigenvalue weighted by atomic mass is 10.2. The van der Waals surface area contributed by atoms with Crippen LogP contribution in [0.15, 0.2) is 0 Å². The van der Waals surface area contributed by atoms with Gasteiger partial charge in [-0.05, 0) is 19.8 Å². The van der Waals surface area contributed by atoms with Crippen molar-refractivity contribution in [1.82, 2.24) is 15.5 Å². The summed E-state index contributed by atoms with van der Waals surface area (Å²) in [5, 5.41) is 13.8. The third kappa shape index (κ3) is 5.01. The minimum Gasteiger partial charge on any atom is -0.395 e. The number of imide groups is 1. The number of amides is 3. The van der Waals surface area contributed by atoms with Crippen molar-refractivity contribution in [3.05, 3.63) is 0 Å². The summed E-state index contributed by atoms with van der Waals surface area (Å²) < 4.78 is 0. The smallest absolute Gasteiger partial charge is 0.321 e. The Morgan fingerprint density at radius 1 is 1.33 bits per heavy atom. The summed E-state index contributed by atoms with van der Waals surface area (Å²) in [5.74, 6) is -0.318. The first kappa shape index (κ1) is 14.9. The number of nitrogens with zero attached hydrogens (tertiary/aromatic N) is 1. The number of aliphatic hydroxyl groups is 1. The molecule has 3 amide bonds. The summed E-state index contributed by atoms with van der Waals surface area (Å²) in [6.45, 7) is 2.96. The summed E-state index contributed by atoms with van der Waals surface area (Å²) in [6.07, 6.45) is 4.47. The average Bonchev–Trinajstić information content (AvgIpc) is 2.81. The lowest BCUT2D eigenvalue weighted by Crippen LogP contribution is -2.47. The van der Waals surface area contributed by atoms with Crippen molar-refractivity contribution in [2.24, 2.45) is 0 Å². The van der Waals surface area contributed by atoms with Gasteiger partial charge in [-0.15, -0.1) is 0 Å². The van der Waals surface area contributed by atoms with E-state index in [2.05, 4.69) is 10.6 Å². The van der Waals surface area contributed by atoms with Crippen LogP contribution in [0.5, 0.6) is 0 Å². The molecule has 1 saturated carbocycles. The minimum atomic E-state index is -0.460. The standard InChI is InChI=1S/C12H23N3O3/c1-2-13-12(18)14-11(17)9-15(7-8-16)10-5-3-4-6-10/h10,16H,2-9H2,1H3,(H2,13,14,17,18). The van der Waals surface area contributed by atoms with Gasteiger partial charge in [-0.2, -0.15) is 0 Å². The number of rotatable bonds is 6. The van der Waals surface area contributed by atoms with Crippen LogP contribution < -0.4 is 10.6 Å². The summed E-state index contributed by atoms with van der Waals surface area (Å²) in [7, 11) is 0. The Morgan fingerprint density at radius 2 is 2.00 bits per heavy atom. The first-order valence-corrected chi connectivity index (χ1v) is 6.60. The van der Waals surface area contributed by atoms with E-state index in [0.717, 1.165) is 12.8 Å². The minimum absolute atomic E-state index is 0.0327. The highest BCUT2D eigenvalue weighted by Crippen LogP contribution is 2.22. The number of urea groups is 1. The lowest BCUT2D eigenvalue weighted by molar-refractivity contribution is -0.121. The Labute approximate surface area is 108 Å². The molecule has 6 nitrogen and oxygen atoms in total. The zero-order chi connectivity index (χ0) is 13.4. The van der Waals surface area contributed by atoms with Crippen molar-refractivity contribution >= 4 is 11.9 Å². The molecule has 104 valence electrons. The Morgan fingerprint density at radius 3 is 2.56 bits per heavy atom. The summed E-state index contributed by atoms with van der Waals surface area (Å²) in [5.41, 5.74) is 0. The molecule has 0 heterocycles. The van der Waals surface area contributed by atoms with E-state index < -0.39 is 6.03 Å². The first-order chi connectivity index (χ1) is 8.67. The van der Waals surface area contributed by atoms with Gasteiger partial charge in [-0.25, -0.2) is 4.79 Å². The number of hydrogen-bond acceptors (Lipinski definition) is 4. The second-order valence-corrected chi connectivity index (χ2v) is 4.54. The molecule has 0 aromatic carbocycles. The highest BCUT2D eigenvalue weighted by Gasteiger charge is 2.24. The molecule has 0 aromatic rings. The van der Waals surface area contributed by atoms with Gasteiger partial charge in [0.15, 0.2) is 0 Å². The molecule has 0 aliphatic heterocycles. The number of nitrogens with one attached hydrogen (secondary N) is 2. The van der Waals surface area contributed by atoms with E-state index in [1.807, 2.05) is 4.90 Å². The molecule has 0 aromatic heterocycles. The van der Waals surface area contributed by atoms with Gasteiger partial charge in [0.2, 0.25) is 5.91 Å². The van der Waals surface area contributed by atoms with Crippen molar-refractivity contribution in [1.29, 1.82) is 0 Å². The topological polar surface area (TPSA) is 81.7 Å². The van der Waals surface area contributed by atoms with Crippen LogP contribution in [0, 0.1) is 0 Å². The quantitative estimate of drug-likeness (QED) is 0.629. The third-order valence-corrected chi connectivity index (χ3v) is 3.17. The number of aliphatic hydroxyl groups excluding tert-OH is 1. The molecule has 0 saturated heterocycles. The Bertz CT molecular complexity index is 278. The molecule has 0 spiro atoms. The van der Waals surface area contributed by atoms with E-state index in [0.29, 0.717) is 19.1 Å². The molecule has 1 rings (SSSR count). The molecule has 0 radical (unpaired) electrons. The molecule has 1 aliphatic carbocycles. The Hall–Kier alpha value is -1.14. The van der Waals surface area contributed by atoms with Gasteiger partial charge in [0.25, 0.3) is 0 Å². The molecule has 1 fully saturated rings. The van der Waals surface area contributed by atoms with Crippen LogP contribution in [0.1, 0.15) is 32.6 Å². The van der Waals surface area contributed by atoms with Gasteiger partial charge in [0, 0.05) is 19.1 Å². The maximum atomic E-state index is 11.7. The van der Waals surface area contributed by atoms with Crippen LogP contribution >= 0.6 is 0 Å². The number of carbonyl (C=O) groups is 2. The zero-order valence-corrected chi connectivity index (χ0v) is 10.9. The van der Waals surface area contributed by atoms with E-state index in [9.17, 15) is 9.59 Å². The Kier molecular flexibility index (Phi) is 6.67. The second-order valence-electron chi connectivity index (χ2n) is 4.54. The number of hydrogen-bond donors (Lipinski definition) is 3. The normalized spacial score (nSPS) is 15.9. The van der Waals surface area contributed by atoms with E-state index >= 15 is 0 Å². The molecule has 0 bridgehead atoms. The van der Waals surface area contributed by atoms with Crippen molar-refractivity contribution < 1.29 is 14.7 Å². The molecular formula is C12H23N3O3. The predicted molar refractivity (Wildman–Crippen MR) is 68.1 cm³/mol. The second kappa shape index (κ2) is 8.05. The maximum Gasteiger partial charge on any atom is 0.321 e. The zero-order valence-electron chi connectivity index (χ0n) is 10.9. The highest BCUT2D eigenvalue weighted by molar-refractivity contribution is 5.95. The van der Waals surface area contributed by atoms with Gasteiger partial charge in [0.05, 0.1) is 13.2 Å². The molecule has 6 heteroatoms. The molecular weight excluding hydrogens is 234 g/mol. The summed E-state index contributed by atoms with van der Waals surface area (Å²) in [6, 6.07) is -0.102. The van der Waals surface area contributed by atoms with Crippen molar-refractivity contribution in [2.45, 2.75) is 38.6 Å². The van der Waals surface area contributed by atoms with Gasteiger partial charge < -0.3 is 10.4 Å². The molecule has 0 unspecified atom stereocenters.